The number of rotatable bonds is 2. The van der Waals surface area contributed by atoms with Crippen LogP contribution in [-0.2, 0) is 11.8 Å². The van der Waals surface area contributed by atoms with Crippen LogP contribution in [0.1, 0.15) is 31.9 Å². The minimum atomic E-state index is 0.172. The SMILES string of the molecule is CC(C)(C)c1ccc2occ(CCN)c2c1. The number of furan rings is 1. The van der Waals surface area contributed by atoms with Crippen molar-refractivity contribution in [3.05, 3.63) is 35.6 Å². The van der Waals surface area contributed by atoms with Gasteiger partial charge in [-0.05, 0) is 41.6 Å². The summed E-state index contributed by atoms with van der Waals surface area (Å²) in [5.41, 5.74) is 9.26. The molecule has 0 unspecified atom stereocenters. The molecule has 1 heterocycles. The zero-order chi connectivity index (χ0) is 11.8. The highest BCUT2D eigenvalue weighted by molar-refractivity contribution is 5.82. The third-order valence-electron chi connectivity index (χ3n) is 2.93. The maximum atomic E-state index is 5.59. The summed E-state index contributed by atoms with van der Waals surface area (Å²) in [6, 6.07) is 6.41. The smallest absolute Gasteiger partial charge is 0.134 e. The molecule has 1 aromatic heterocycles. The predicted molar refractivity (Wildman–Crippen MR) is 67.7 cm³/mol. The lowest BCUT2D eigenvalue weighted by Crippen LogP contribution is -2.10. The van der Waals surface area contributed by atoms with E-state index in [1.165, 1.54) is 16.5 Å². The molecule has 0 spiro atoms. The second-order valence-electron chi connectivity index (χ2n) is 5.26. The lowest BCUT2D eigenvalue weighted by Gasteiger charge is -2.18. The fraction of sp³-hybridized carbons (Fsp3) is 0.429. The van der Waals surface area contributed by atoms with Gasteiger partial charge in [0, 0.05) is 5.39 Å². The molecule has 0 radical (unpaired) electrons. The van der Waals surface area contributed by atoms with Gasteiger partial charge in [0.25, 0.3) is 0 Å². The molecule has 0 aliphatic rings. The quantitative estimate of drug-likeness (QED) is 0.838. The summed E-state index contributed by atoms with van der Waals surface area (Å²) in [6.45, 7) is 7.32. The van der Waals surface area contributed by atoms with Crippen molar-refractivity contribution < 1.29 is 4.42 Å². The van der Waals surface area contributed by atoms with Crippen molar-refractivity contribution in [3.63, 3.8) is 0 Å². The number of hydrogen-bond donors (Lipinski definition) is 1. The van der Waals surface area contributed by atoms with Crippen LogP contribution in [0.3, 0.4) is 0 Å². The summed E-state index contributed by atoms with van der Waals surface area (Å²) in [6.07, 6.45) is 2.70. The zero-order valence-corrected chi connectivity index (χ0v) is 10.2. The van der Waals surface area contributed by atoms with E-state index in [1.54, 1.807) is 0 Å². The molecule has 2 N–H and O–H groups in total. The average Bonchev–Trinajstić information content (AvgIpc) is 2.60. The van der Waals surface area contributed by atoms with E-state index in [4.69, 9.17) is 10.2 Å². The first-order valence-corrected chi connectivity index (χ1v) is 5.73. The summed E-state index contributed by atoms with van der Waals surface area (Å²) < 4.78 is 5.51. The Hall–Kier alpha value is -1.28. The van der Waals surface area contributed by atoms with Gasteiger partial charge in [0.05, 0.1) is 6.26 Å². The van der Waals surface area contributed by atoms with Crippen LogP contribution in [0.2, 0.25) is 0 Å². The molecular formula is C14H19NO. The molecule has 0 aliphatic carbocycles. The van der Waals surface area contributed by atoms with Gasteiger partial charge in [0.2, 0.25) is 0 Å². The molecular weight excluding hydrogens is 198 g/mol. The van der Waals surface area contributed by atoms with Gasteiger partial charge < -0.3 is 10.2 Å². The van der Waals surface area contributed by atoms with Gasteiger partial charge in [-0.15, -0.1) is 0 Å². The molecule has 0 atom stereocenters. The summed E-state index contributed by atoms with van der Waals surface area (Å²) in [7, 11) is 0. The van der Waals surface area contributed by atoms with Crippen LogP contribution >= 0.6 is 0 Å². The monoisotopic (exact) mass is 217 g/mol. The van der Waals surface area contributed by atoms with Gasteiger partial charge in [-0.2, -0.15) is 0 Å². The predicted octanol–water partition coefficient (Wildman–Crippen LogP) is 3.23. The van der Waals surface area contributed by atoms with E-state index in [-0.39, 0.29) is 5.41 Å². The number of benzene rings is 1. The molecule has 16 heavy (non-hydrogen) atoms. The zero-order valence-electron chi connectivity index (χ0n) is 10.2. The third-order valence-corrected chi connectivity index (χ3v) is 2.93. The molecule has 0 saturated heterocycles. The minimum absolute atomic E-state index is 0.172. The first-order chi connectivity index (χ1) is 7.52. The molecule has 0 bridgehead atoms. The highest BCUT2D eigenvalue weighted by Crippen LogP contribution is 2.28. The Labute approximate surface area is 96.4 Å². The summed E-state index contributed by atoms with van der Waals surface area (Å²) in [5, 5.41) is 1.21. The van der Waals surface area contributed by atoms with Gasteiger partial charge in [-0.3, -0.25) is 0 Å². The normalized spacial score (nSPS) is 12.2. The van der Waals surface area contributed by atoms with Crippen LogP contribution in [0.15, 0.2) is 28.9 Å². The van der Waals surface area contributed by atoms with Crippen LogP contribution in [0, 0.1) is 0 Å². The second kappa shape index (κ2) is 3.95. The number of nitrogens with two attached hydrogens (primary N) is 1. The molecule has 86 valence electrons. The van der Waals surface area contributed by atoms with Gasteiger partial charge in [0.1, 0.15) is 5.58 Å². The minimum Gasteiger partial charge on any atom is -0.464 e. The van der Waals surface area contributed by atoms with Crippen LogP contribution in [0.25, 0.3) is 11.0 Å². The molecule has 1 aromatic carbocycles. The highest BCUT2D eigenvalue weighted by Gasteiger charge is 2.15. The first-order valence-electron chi connectivity index (χ1n) is 5.73. The van der Waals surface area contributed by atoms with Crippen molar-refractivity contribution in [2.75, 3.05) is 6.54 Å². The van der Waals surface area contributed by atoms with Crippen molar-refractivity contribution >= 4 is 11.0 Å². The second-order valence-corrected chi connectivity index (χ2v) is 5.26. The Kier molecular flexibility index (Phi) is 2.76. The Morgan fingerprint density at radius 3 is 2.62 bits per heavy atom. The molecule has 2 nitrogen and oxygen atoms in total. The van der Waals surface area contributed by atoms with Crippen LogP contribution in [-0.4, -0.2) is 6.54 Å². The van der Waals surface area contributed by atoms with Crippen LogP contribution in [0.5, 0.6) is 0 Å². The first kappa shape index (κ1) is 11.2. The summed E-state index contributed by atoms with van der Waals surface area (Å²) in [5.74, 6) is 0. The Bertz CT molecular complexity index is 491. The van der Waals surface area contributed by atoms with Gasteiger partial charge in [-0.1, -0.05) is 26.8 Å². The van der Waals surface area contributed by atoms with E-state index in [0.717, 1.165) is 12.0 Å². The molecule has 2 aromatic rings. The fourth-order valence-electron chi connectivity index (χ4n) is 1.90. The summed E-state index contributed by atoms with van der Waals surface area (Å²) in [4.78, 5) is 0. The van der Waals surface area contributed by atoms with E-state index in [9.17, 15) is 0 Å². The molecule has 2 heteroatoms. The van der Waals surface area contributed by atoms with Gasteiger partial charge in [-0.25, -0.2) is 0 Å². The Morgan fingerprint density at radius 1 is 1.25 bits per heavy atom. The lowest BCUT2D eigenvalue weighted by atomic mass is 9.86. The average molecular weight is 217 g/mol. The van der Waals surface area contributed by atoms with E-state index in [0.29, 0.717) is 6.54 Å². The van der Waals surface area contributed by atoms with Crippen LogP contribution in [0.4, 0.5) is 0 Å². The maximum Gasteiger partial charge on any atom is 0.134 e. The van der Waals surface area contributed by atoms with Crippen molar-refractivity contribution in [1.82, 2.24) is 0 Å². The van der Waals surface area contributed by atoms with Crippen molar-refractivity contribution in [2.24, 2.45) is 5.73 Å². The molecule has 0 aliphatic heterocycles. The molecule has 0 amide bonds. The molecule has 0 fully saturated rings. The van der Waals surface area contributed by atoms with Gasteiger partial charge in [0.15, 0.2) is 0 Å². The van der Waals surface area contributed by atoms with E-state index in [2.05, 4.69) is 39.0 Å². The van der Waals surface area contributed by atoms with Crippen molar-refractivity contribution in [2.45, 2.75) is 32.6 Å². The van der Waals surface area contributed by atoms with E-state index < -0.39 is 0 Å². The third kappa shape index (κ3) is 1.98. The Balaban J connectivity index is 2.54. The largest absolute Gasteiger partial charge is 0.464 e. The number of fused-ring (bicyclic) bond motifs is 1. The highest BCUT2D eigenvalue weighted by atomic mass is 16.3. The van der Waals surface area contributed by atoms with E-state index in [1.807, 2.05) is 6.26 Å². The van der Waals surface area contributed by atoms with Crippen molar-refractivity contribution in [3.8, 4) is 0 Å². The number of hydrogen-bond acceptors (Lipinski definition) is 2. The molecule has 0 saturated carbocycles. The fourth-order valence-corrected chi connectivity index (χ4v) is 1.90. The van der Waals surface area contributed by atoms with Crippen LogP contribution < -0.4 is 5.73 Å². The lowest BCUT2D eigenvalue weighted by molar-refractivity contribution is 0.589. The van der Waals surface area contributed by atoms with Gasteiger partial charge >= 0.3 is 0 Å². The van der Waals surface area contributed by atoms with E-state index >= 15 is 0 Å². The topological polar surface area (TPSA) is 39.2 Å². The molecule has 2 rings (SSSR count). The maximum absolute atomic E-state index is 5.59. The van der Waals surface area contributed by atoms with Crippen molar-refractivity contribution in [1.29, 1.82) is 0 Å². The summed E-state index contributed by atoms with van der Waals surface area (Å²) >= 11 is 0. The Morgan fingerprint density at radius 2 is 2.00 bits per heavy atom. The standard InChI is InChI=1S/C14H19NO/c1-14(2,3)11-4-5-13-12(8-11)10(6-7-15)9-16-13/h4-5,8-9H,6-7,15H2,1-3H3.